The smallest absolute Gasteiger partial charge is 0.251 e. The van der Waals surface area contributed by atoms with E-state index in [4.69, 9.17) is 0 Å². The summed E-state index contributed by atoms with van der Waals surface area (Å²) in [5, 5.41) is 6.95. The Morgan fingerprint density at radius 1 is 1.40 bits per heavy atom. The predicted octanol–water partition coefficient (Wildman–Crippen LogP) is 1.55. The number of nitrogens with zero attached hydrogens (tertiary/aromatic N) is 2. The fraction of sp³-hybridized carbons (Fsp3) is 0.375. The van der Waals surface area contributed by atoms with Crippen LogP contribution in [0.1, 0.15) is 35.3 Å². The normalized spacial score (nSPS) is 12.8. The highest BCUT2D eigenvalue weighted by Gasteiger charge is 2.18. The van der Waals surface area contributed by atoms with E-state index in [1.807, 2.05) is 13.1 Å². The van der Waals surface area contributed by atoms with Gasteiger partial charge in [-0.2, -0.15) is 5.10 Å². The third kappa shape index (κ3) is 4.86. The van der Waals surface area contributed by atoms with Gasteiger partial charge in [-0.15, -0.1) is 0 Å². The summed E-state index contributed by atoms with van der Waals surface area (Å²) in [6, 6.07) is 5.40. The number of aryl methyl sites for hydroxylation is 1. The van der Waals surface area contributed by atoms with Crippen LogP contribution in [-0.2, 0) is 17.1 Å². The molecule has 0 spiro atoms. The Morgan fingerprint density at radius 3 is 2.76 bits per heavy atom. The average Bonchev–Trinajstić information content (AvgIpc) is 3.04. The minimum atomic E-state index is -3.84. The highest BCUT2D eigenvalue weighted by atomic mass is 32.2. The molecule has 9 heteroatoms. The molecule has 136 valence electrons. The number of nitrogens with one attached hydrogen (secondary N) is 2. The van der Waals surface area contributed by atoms with Crippen molar-refractivity contribution in [2.45, 2.75) is 24.3 Å². The molecule has 0 aliphatic carbocycles. The van der Waals surface area contributed by atoms with Gasteiger partial charge in [0.2, 0.25) is 10.0 Å². The Kier molecular flexibility index (Phi) is 6.27. The molecule has 2 aromatic rings. The molecule has 1 heterocycles. The first-order valence-electron chi connectivity index (χ1n) is 7.82. The molecule has 0 aliphatic heterocycles. The first-order chi connectivity index (χ1) is 11.9. The van der Waals surface area contributed by atoms with Crippen LogP contribution in [0.25, 0.3) is 0 Å². The van der Waals surface area contributed by atoms with Gasteiger partial charge in [0.1, 0.15) is 6.67 Å². The van der Waals surface area contributed by atoms with Gasteiger partial charge in [0.25, 0.3) is 5.91 Å². The van der Waals surface area contributed by atoms with E-state index in [0.29, 0.717) is 6.42 Å². The number of hydrogen-bond donors (Lipinski definition) is 2. The number of carbonyl (C=O) groups excluding carboxylic acids is 1. The lowest BCUT2D eigenvalue weighted by Crippen LogP contribution is -2.29. The molecule has 0 fully saturated rings. The predicted molar refractivity (Wildman–Crippen MR) is 91.3 cm³/mol. The van der Waals surface area contributed by atoms with Gasteiger partial charge < -0.3 is 5.32 Å². The molecule has 2 N–H and O–H groups in total. The van der Waals surface area contributed by atoms with Crippen LogP contribution in [0, 0.1) is 0 Å². The van der Waals surface area contributed by atoms with Crippen molar-refractivity contribution >= 4 is 15.9 Å². The van der Waals surface area contributed by atoms with Crippen LogP contribution < -0.4 is 10.0 Å². The zero-order valence-electron chi connectivity index (χ0n) is 14.1. The maximum absolute atomic E-state index is 12.5. The van der Waals surface area contributed by atoms with E-state index in [0.717, 1.165) is 5.56 Å². The molecule has 0 saturated heterocycles. The summed E-state index contributed by atoms with van der Waals surface area (Å²) in [5.74, 6) is -0.391. The molecule has 0 bridgehead atoms. The number of amides is 1. The standard InChI is InChI=1S/C16H21FN4O3S/c1-3-15(13-10-18-21(2)11-13)20-16(22)12-5-4-6-14(9-12)25(23,24)19-8-7-17/h4-6,9-11,15,19H,3,7-8H2,1-2H3,(H,20,22)/t15-/m1/s1. The average molecular weight is 368 g/mol. The summed E-state index contributed by atoms with van der Waals surface area (Å²) < 4.78 is 40.1. The van der Waals surface area contributed by atoms with E-state index in [-0.39, 0.29) is 23.0 Å². The summed E-state index contributed by atoms with van der Waals surface area (Å²) in [7, 11) is -2.06. The zero-order chi connectivity index (χ0) is 18.4. The third-order valence-electron chi connectivity index (χ3n) is 3.63. The number of sulfonamides is 1. The van der Waals surface area contributed by atoms with Crippen molar-refractivity contribution in [1.82, 2.24) is 19.8 Å². The van der Waals surface area contributed by atoms with E-state index in [2.05, 4.69) is 15.1 Å². The van der Waals surface area contributed by atoms with Crippen LogP contribution >= 0.6 is 0 Å². The quantitative estimate of drug-likeness (QED) is 0.739. The molecular weight excluding hydrogens is 347 g/mol. The molecule has 1 aromatic heterocycles. The highest BCUT2D eigenvalue weighted by Crippen LogP contribution is 2.17. The van der Waals surface area contributed by atoms with Crippen LogP contribution in [-0.4, -0.2) is 37.3 Å². The minimum absolute atomic E-state index is 0.0805. The monoisotopic (exact) mass is 368 g/mol. The Balaban J connectivity index is 2.18. The Morgan fingerprint density at radius 2 is 2.16 bits per heavy atom. The largest absolute Gasteiger partial charge is 0.345 e. The van der Waals surface area contributed by atoms with Gasteiger partial charge in [0.15, 0.2) is 0 Å². The summed E-state index contributed by atoms with van der Waals surface area (Å²) in [5.41, 5.74) is 1.08. The van der Waals surface area contributed by atoms with Crippen LogP contribution in [0.15, 0.2) is 41.6 Å². The lowest BCUT2D eigenvalue weighted by molar-refractivity contribution is 0.0935. The second kappa shape index (κ2) is 8.21. The number of halogens is 1. The molecule has 7 nitrogen and oxygen atoms in total. The fourth-order valence-corrected chi connectivity index (χ4v) is 3.40. The van der Waals surface area contributed by atoms with Gasteiger partial charge in [0.05, 0.1) is 17.1 Å². The van der Waals surface area contributed by atoms with Crippen LogP contribution in [0.4, 0.5) is 4.39 Å². The maximum atomic E-state index is 12.5. The number of rotatable bonds is 8. The SMILES string of the molecule is CC[C@@H](NC(=O)c1cccc(S(=O)(=O)NCCF)c1)c1cnn(C)c1. The number of hydrogen-bond acceptors (Lipinski definition) is 4. The molecule has 0 unspecified atom stereocenters. The van der Waals surface area contributed by atoms with E-state index in [1.54, 1.807) is 17.9 Å². The number of aromatic nitrogens is 2. The van der Waals surface area contributed by atoms with Gasteiger partial charge in [0, 0.05) is 30.9 Å². The fourth-order valence-electron chi connectivity index (χ4n) is 2.34. The summed E-state index contributed by atoms with van der Waals surface area (Å²) in [6.07, 6.45) is 4.15. The first-order valence-corrected chi connectivity index (χ1v) is 9.30. The minimum Gasteiger partial charge on any atom is -0.345 e. The molecule has 2 rings (SSSR count). The van der Waals surface area contributed by atoms with Crippen molar-refractivity contribution in [1.29, 1.82) is 0 Å². The molecule has 1 amide bonds. The maximum Gasteiger partial charge on any atom is 0.251 e. The Labute approximate surface area is 146 Å². The number of benzene rings is 1. The summed E-state index contributed by atoms with van der Waals surface area (Å²) in [4.78, 5) is 12.4. The van der Waals surface area contributed by atoms with Crippen molar-refractivity contribution in [3.8, 4) is 0 Å². The van der Waals surface area contributed by atoms with Crippen molar-refractivity contribution < 1.29 is 17.6 Å². The summed E-state index contributed by atoms with van der Waals surface area (Å²) in [6.45, 7) is 0.820. The van der Waals surface area contributed by atoms with Crippen LogP contribution in [0.2, 0.25) is 0 Å². The van der Waals surface area contributed by atoms with Gasteiger partial charge in [-0.3, -0.25) is 9.48 Å². The lowest BCUT2D eigenvalue weighted by Gasteiger charge is -2.16. The third-order valence-corrected chi connectivity index (χ3v) is 5.09. The highest BCUT2D eigenvalue weighted by molar-refractivity contribution is 7.89. The Bertz CT molecular complexity index is 835. The van der Waals surface area contributed by atoms with Crippen LogP contribution in [0.3, 0.4) is 0 Å². The van der Waals surface area contributed by atoms with Gasteiger partial charge in [-0.05, 0) is 24.6 Å². The Hall–Kier alpha value is -2.26. The molecule has 0 saturated carbocycles. The second-order valence-corrected chi connectivity index (χ2v) is 7.26. The van der Waals surface area contributed by atoms with Crippen molar-refractivity contribution in [3.63, 3.8) is 0 Å². The number of carbonyl (C=O) groups is 1. The van der Waals surface area contributed by atoms with Gasteiger partial charge >= 0.3 is 0 Å². The van der Waals surface area contributed by atoms with Gasteiger partial charge in [-0.1, -0.05) is 13.0 Å². The van der Waals surface area contributed by atoms with Gasteiger partial charge in [-0.25, -0.2) is 17.5 Å². The van der Waals surface area contributed by atoms with Crippen molar-refractivity contribution in [2.75, 3.05) is 13.2 Å². The lowest BCUT2D eigenvalue weighted by atomic mass is 10.1. The van der Waals surface area contributed by atoms with E-state index >= 15 is 0 Å². The van der Waals surface area contributed by atoms with Crippen molar-refractivity contribution in [2.24, 2.45) is 7.05 Å². The van der Waals surface area contributed by atoms with E-state index in [1.165, 1.54) is 24.3 Å². The molecule has 1 atom stereocenters. The molecule has 25 heavy (non-hydrogen) atoms. The number of alkyl halides is 1. The first kappa shape index (κ1) is 19.1. The second-order valence-electron chi connectivity index (χ2n) is 5.50. The van der Waals surface area contributed by atoms with E-state index in [9.17, 15) is 17.6 Å². The zero-order valence-corrected chi connectivity index (χ0v) is 14.9. The van der Waals surface area contributed by atoms with Crippen LogP contribution in [0.5, 0.6) is 0 Å². The molecular formula is C16H21FN4O3S. The molecule has 0 aliphatic rings. The van der Waals surface area contributed by atoms with E-state index < -0.39 is 22.6 Å². The summed E-state index contributed by atoms with van der Waals surface area (Å²) >= 11 is 0. The van der Waals surface area contributed by atoms with Crippen molar-refractivity contribution in [3.05, 3.63) is 47.8 Å². The molecule has 1 aromatic carbocycles. The molecule has 0 radical (unpaired) electrons. The topological polar surface area (TPSA) is 93.1 Å².